The molecule has 0 radical (unpaired) electrons. The smallest absolute Gasteiger partial charge is 0.243 e. The van der Waals surface area contributed by atoms with Crippen LogP contribution in [0.3, 0.4) is 0 Å². The summed E-state index contributed by atoms with van der Waals surface area (Å²) in [6.07, 6.45) is 3.06. The number of piperidine rings is 1. The first-order valence-electron chi connectivity index (χ1n) is 9.69. The van der Waals surface area contributed by atoms with E-state index in [4.69, 9.17) is 16.3 Å². The summed E-state index contributed by atoms with van der Waals surface area (Å²) in [5, 5.41) is 3.43. The molecule has 1 amide bonds. The summed E-state index contributed by atoms with van der Waals surface area (Å²) < 4.78 is 32.4. The van der Waals surface area contributed by atoms with E-state index in [1.807, 2.05) is 0 Å². The lowest BCUT2D eigenvalue weighted by Crippen LogP contribution is -2.35. The second-order valence-electron chi connectivity index (χ2n) is 6.94. The molecule has 0 aliphatic carbocycles. The molecule has 1 heterocycles. The molecule has 1 saturated heterocycles. The maximum atomic E-state index is 12.7. The van der Waals surface area contributed by atoms with Crippen LogP contribution in [0.2, 0.25) is 5.02 Å². The normalized spacial score (nSPS) is 15.1. The van der Waals surface area contributed by atoms with Gasteiger partial charge in [-0.05, 0) is 54.8 Å². The zero-order valence-corrected chi connectivity index (χ0v) is 17.7. The van der Waals surface area contributed by atoms with Gasteiger partial charge in [-0.2, -0.15) is 4.31 Å². The highest BCUT2D eigenvalue weighted by Crippen LogP contribution is 2.21. The molecular weight excluding hydrogens is 412 g/mol. The lowest BCUT2D eigenvalue weighted by Gasteiger charge is -2.25. The summed E-state index contributed by atoms with van der Waals surface area (Å²) in [6, 6.07) is 13.6. The highest BCUT2D eigenvalue weighted by atomic mass is 35.5. The van der Waals surface area contributed by atoms with Crippen molar-refractivity contribution in [2.75, 3.05) is 26.2 Å². The van der Waals surface area contributed by atoms with E-state index in [9.17, 15) is 13.2 Å². The standard InChI is InChI=1S/C21H25ClN2O4S/c22-18-6-8-19(9-7-18)28-15-12-23-21(25)16-17-4-10-20(11-5-17)29(26,27)24-13-2-1-3-14-24/h4-11H,1-3,12-16H2,(H,23,25). The lowest BCUT2D eigenvalue weighted by atomic mass is 10.1. The van der Waals surface area contributed by atoms with Gasteiger partial charge in [0.2, 0.25) is 15.9 Å². The minimum Gasteiger partial charge on any atom is -0.492 e. The predicted octanol–water partition coefficient (Wildman–Crippen LogP) is 3.25. The summed E-state index contributed by atoms with van der Waals surface area (Å²) in [7, 11) is -3.45. The summed E-state index contributed by atoms with van der Waals surface area (Å²) in [4.78, 5) is 12.4. The number of nitrogens with one attached hydrogen (secondary N) is 1. The van der Waals surface area contributed by atoms with Crippen LogP contribution in [-0.2, 0) is 21.2 Å². The van der Waals surface area contributed by atoms with Crippen molar-refractivity contribution in [3.8, 4) is 5.75 Å². The fourth-order valence-electron chi connectivity index (χ4n) is 3.17. The van der Waals surface area contributed by atoms with Crippen molar-refractivity contribution in [2.45, 2.75) is 30.6 Å². The molecule has 0 unspecified atom stereocenters. The number of rotatable bonds is 8. The monoisotopic (exact) mass is 436 g/mol. The van der Waals surface area contributed by atoms with E-state index in [1.165, 1.54) is 0 Å². The molecule has 2 aromatic carbocycles. The van der Waals surface area contributed by atoms with Crippen LogP contribution in [-0.4, -0.2) is 44.9 Å². The zero-order chi connectivity index (χ0) is 20.7. The molecule has 0 bridgehead atoms. The van der Waals surface area contributed by atoms with Crippen molar-refractivity contribution < 1.29 is 17.9 Å². The van der Waals surface area contributed by atoms with E-state index in [1.54, 1.807) is 52.8 Å². The van der Waals surface area contributed by atoms with Gasteiger partial charge in [0.05, 0.1) is 17.9 Å². The average Bonchev–Trinajstić information content (AvgIpc) is 2.73. The van der Waals surface area contributed by atoms with Crippen molar-refractivity contribution in [1.82, 2.24) is 9.62 Å². The molecule has 29 heavy (non-hydrogen) atoms. The van der Waals surface area contributed by atoms with Crippen LogP contribution in [0.25, 0.3) is 0 Å². The number of carbonyl (C=O) groups is 1. The molecule has 156 valence electrons. The first kappa shape index (κ1) is 21.6. The SMILES string of the molecule is O=C(Cc1ccc(S(=O)(=O)N2CCCCC2)cc1)NCCOc1ccc(Cl)cc1. The second-order valence-corrected chi connectivity index (χ2v) is 9.31. The Labute approximate surface area is 176 Å². The van der Waals surface area contributed by atoms with Gasteiger partial charge in [-0.1, -0.05) is 30.2 Å². The highest BCUT2D eigenvalue weighted by molar-refractivity contribution is 7.89. The van der Waals surface area contributed by atoms with E-state index >= 15 is 0 Å². The number of carbonyl (C=O) groups excluding carboxylic acids is 1. The van der Waals surface area contributed by atoms with Gasteiger partial charge in [-0.3, -0.25) is 4.79 Å². The minimum absolute atomic E-state index is 0.142. The van der Waals surface area contributed by atoms with Crippen LogP contribution in [0, 0.1) is 0 Å². The predicted molar refractivity (Wildman–Crippen MR) is 113 cm³/mol. The molecular formula is C21H25ClN2O4S. The summed E-state index contributed by atoms with van der Waals surface area (Å²) in [5.74, 6) is 0.547. The van der Waals surface area contributed by atoms with Crippen molar-refractivity contribution >= 4 is 27.5 Å². The first-order chi connectivity index (χ1) is 13.9. The fraction of sp³-hybridized carbons (Fsp3) is 0.381. The molecule has 0 aromatic heterocycles. The van der Waals surface area contributed by atoms with Crippen LogP contribution < -0.4 is 10.1 Å². The van der Waals surface area contributed by atoms with Gasteiger partial charge in [0, 0.05) is 18.1 Å². The molecule has 0 spiro atoms. The van der Waals surface area contributed by atoms with Crippen LogP contribution in [0.4, 0.5) is 0 Å². The molecule has 2 aromatic rings. The summed E-state index contributed by atoms with van der Waals surface area (Å²) in [5.41, 5.74) is 0.763. The Bertz CT molecular complexity index is 909. The number of benzene rings is 2. The molecule has 6 nitrogen and oxygen atoms in total. The molecule has 1 aliphatic heterocycles. The number of hydrogen-bond donors (Lipinski definition) is 1. The van der Waals surface area contributed by atoms with Crippen LogP contribution >= 0.6 is 11.6 Å². The van der Waals surface area contributed by atoms with Gasteiger partial charge in [0.15, 0.2) is 0 Å². The van der Waals surface area contributed by atoms with E-state index in [0.29, 0.717) is 37.0 Å². The van der Waals surface area contributed by atoms with Gasteiger partial charge in [0.25, 0.3) is 0 Å². The number of sulfonamides is 1. The quantitative estimate of drug-likeness (QED) is 0.644. The van der Waals surface area contributed by atoms with E-state index < -0.39 is 10.0 Å². The molecule has 1 N–H and O–H groups in total. The third-order valence-corrected chi connectivity index (χ3v) is 6.91. The Morgan fingerprint density at radius 2 is 1.66 bits per heavy atom. The van der Waals surface area contributed by atoms with Crippen molar-refractivity contribution in [3.63, 3.8) is 0 Å². The zero-order valence-electron chi connectivity index (χ0n) is 16.1. The first-order valence-corrected chi connectivity index (χ1v) is 11.5. The van der Waals surface area contributed by atoms with E-state index in [2.05, 4.69) is 5.32 Å². The van der Waals surface area contributed by atoms with Crippen LogP contribution in [0.5, 0.6) is 5.75 Å². The van der Waals surface area contributed by atoms with Gasteiger partial charge < -0.3 is 10.1 Å². The fourth-order valence-corrected chi connectivity index (χ4v) is 4.81. The summed E-state index contributed by atoms with van der Waals surface area (Å²) in [6.45, 7) is 1.87. The Balaban J connectivity index is 1.45. The molecule has 8 heteroatoms. The number of halogens is 1. The minimum atomic E-state index is -3.45. The van der Waals surface area contributed by atoms with Gasteiger partial charge in [0.1, 0.15) is 12.4 Å². The molecule has 1 fully saturated rings. The van der Waals surface area contributed by atoms with Gasteiger partial charge in [-0.15, -0.1) is 0 Å². The highest BCUT2D eigenvalue weighted by Gasteiger charge is 2.25. The van der Waals surface area contributed by atoms with Crippen molar-refractivity contribution in [3.05, 3.63) is 59.1 Å². The van der Waals surface area contributed by atoms with Crippen LogP contribution in [0.15, 0.2) is 53.4 Å². The maximum Gasteiger partial charge on any atom is 0.243 e. The Morgan fingerprint density at radius 3 is 2.31 bits per heavy atom. The van der Waals surface area contributed by atoms with Crippen LogP contribution in [0.1, 0.15) is 24.8 Å². The number of hydrogen-bond acceptors (Lipinski definition) is 4. The molecule has 0 saturated carbocycles. The molecule has 0 atom stereocenters. The van der Waals surface area contributed by atoms with E-state index in [-0.39, 0.29) is 17.2 Å². The van der Waals surface area contributed by atoms with Gasteiger partial charge in [-0.25, -0.2) is 8.42 Å². The Kier molecular flexibility index (Phi) is 7.52. The van der Waals surface area contributed by atoms with E-state index in [0.717, 1.165) is 24.8 Å². The van der Waals surface area contributed by atoms with Crippen molar-refractivity contribution in [1.29, 1.82) is 0 Å². The molecule has 1 aliphatic rings. The van der Waals surface area contributed by atoms with Gasteiger partial charge >= 0.3 is 0 Å². The lowest BCUT2D eigenvalue weighted by molar-refractivity contribution is -0.120. The number of ether oxygens (including phenoxy) is 1. The Morgan fingerprint density at radius 1 is 1.00 bits per heavy atom. The Hall–Kier alpha value is -2.09. The third kappa shape index (κ3) is 6.19. The average molecular weight is 437 g/mol. The summed E-state index contributed by atoms with van der Waals surface area (Å²) >= 11 is 5.82. The largest absolute Gasteiger partial charge is 0.492 e. The number of nitrogens with zero attached hydrogens (tertiary/aromatic N) is 1. The second kappa shape index (κ2) is 10.1. The molecule has 3 rings (SSSR count). The number of amides is 1. The van der Waals surface area contributed by atoms with Crippen molar-refractivity contribution in [2.24, 2.45) is 0 Å². The third-order valence-electron chi connectivity index (χ3n) is 4.75. The maximum absolute atomic E-state index is 12.7. The topological polar surface area (TPSA) is 75.7 Å².